The van der Waals surface area contributed by atoms with Crippen molar-refractivity contribution in [3.8, 4) is 0 Å². The van der Waals surface area contributed by atoms with Gasteiger partial charge in [-0.2, -0.15) is 0 Å². The number of nitrogens with zero attached hydrogens (tertiary/aromatic N) is 2. The number of aliphatic hydroxyl groups is 1. The van der Waals surface area contributed by atoms with Crippen LogP contribution in [-0.4, -0.2) is 60.3 Å². The Labute approximate surface area is 100 Å². The SMILES string of the molecule is CC[C@@H](O)CN1CCCN(CC(C)C)CC1. The van der Waals surface area contributed by atoms with Gasteiger partial charge in [0.15, 0.2) is 0 Å². The molecule has 0 unspecified atom stereocenters. The van der Waals surface area contributed by atoms with Crippen LogP contribution >= 0.6 is 0 Å². The fourth-order valence-corrected chi connectivity index (χ4v) is 2.33. The number of rotatable bonds is 5. The monoisotopic (exact) mass is 228 g/mol. The first-order valence-corrected chi connectivity index (χ1v) is 6.74. The van der Waals surface area contributed by atoms with Crippen molar-refractivity contribution in [3.63, 3.8) is 0 Å². The Bertz CT molecular complexity index is 185. The average molecular weight is 228 g/mol. The fourth-order valence-electron chi connectivity index (χ4n) is 2.33. The van der Waals surface area contributed by atoms with Crippen LogP contribution in [0.2, 0.25) is 0 Å². The van der Waals surface area contributed by atoms with Gasteiger partial charge in [0.1, 0.15) is 0 Å². The maximum absolute atomic E-state index is 9.66. The summed E-state index contributed by atoms with van der Waals surface area (Å²) in [5, 5.41) is 9.66. The van der Waals surface area contributed by atoms with E-state index in [9.17, 15) is 5.11 Å². The molecule has 0 bridgehead atoms. The van der Waals surface area contributed by atoms with Crippen LogP contribution in [0.5, 0.6) is 0 Å². The molecule has 3 heteroatoms. The van der Waals surface area contributed by atoms with Crippen LogP contribution in [0, 0.1) is 5.92 Å². The Morgan fingerprint density at radius 3 is 2.06 bits per heavy atom. The fraction of sp³-hybridized carbons (Fsp3) is 1.00. The normalized spacial score (nSPS) is 22.3. The van der Waals surface area contributed by atoms with Crippen LogP contribution in [0.1, 0.15) is 33.6 Å². The highest BCUT2D eigenvalue weighted by molar-refractivity contribution is 4.72. The van der Waals surface area contributed by atoms with Crippen LogP contribution in [-0.2, 0) is 0 Å². The predicted molar refractivity (Wildman–Crippen MR) is 68.6 cm³/mol. The number of hydrogen-bond donors (Lipinski definition) is 1. The third kappa shape index (κ3) is 5.28. The summed E-state index contributed by atoms with van der Waals surface area (Å²) >= 11 is 0. The molecule has 0 amide bonds. The zero-order valence-electron chi connectivity index (χ0n) is 11.2. The van der Waals surface area contributed by atoms with E-state index in [4.69, 9.17) is 0 Å². The van der Waals surface area contributed by atoms with Crippen molar-refractivity contribution in [2.75, 3.05) is 39.3 Å². The second-order valence-corrected chi connectivity index (χ2v) is 5.41. The van der Waals surface area contributed by atoms with E-state index < -0.39 is 0 Å². The molecular formula is C13H28N2O. The molecule has 1 aliphatic heterocycles. The molecule has 1 atom stereocenters. The predicted octanol–water partition coefficient (Wildman–Crippen LogP) is 1.42. The van der Waals surface area contributed by atoms with Crippen LogP contribution in [0.3, 0.4) is 0 Å². The molecule has 0 aromatic rings. The number of hydrogen-bond acceptors (Lipinski definition) is 3. The minimum atomic E-state index is -0.142. The topological polar surface area (TPSA) is 26.7 Å². The Morgan fingerprint density at radius 1 is 1.00 bits per heavy atom. The van der Waals surface area contributed by atoms with Gasteiger partial charge < -0.3 is 10.0 Å². The largest absolute Gasteiger partial charge is 0.392 e. The van der Waals surface area contributed by atoms with Gasteiger partial charge in [-0.1, -0.05) is 20.8 Å². The molecule has 16 heavy (non-hydrogen) atoms. The van der Waals surface area contributed by atoms with E-state index >= 15 is 0 Å². The Hall–Kier alpha value is -0.120. The lowest BCUT2D eigenvalue weighted by Crippen LogP contribution is -2.36. The molecule has 0 saturated carbocycles. The first-order chi connectivity index (χ1) is 7.61. The van der Waals surface area contributed by atoms with Crippen LogP contribution < -0.4 is 0 Å². The number of aliphatic hydroxyl groups excluding tert-OH is 1. The molecule has 96 valence electrons. The van der Waals surface area contributed by atoms with Gasteiger partial charge in [0.25, 0.3) is 0 Å². The second kappa shape index (κ2) is 7.25. The molecular weight excluding hydrogens is 200 g/mol. The van der Waals surface area contributed by atoms with Crippen molar-refractivity contribution in [3.05, 3.63) is 0 Å². The summed E-state index contributed by atoms with van der Waals surface area (Å²) in [6, 6.07) is 0. The van der Waals surface area contributed by atoms with Gasteiger partial charge in [-0.3, -0.25) is 4.90 Å². The van der Waals surface area contributed by atoms with E-state index in [1.54, 1.807) is 0 Å². The van der Waals surface area contributed by atoms with Crippen molar-refractivity contribution in [1.29, 1.82) is 0 Å². The zero-order valence-corrected chi connectivity index (χ0v) is 11.2. The Morgan fingerprint density at radius 2 is 1.56 bits per heavy atom. The summed E-state index contributed by atoms with van der Waals surface area (Å²) in [7, 11) is 0. The molecule has 1 fully saturated rings. The van der Waals surface area contributed by atoms with Crippen molar-refractivity contribution >= 4 is 0 Å². The maximum atomic E-state index is 9.66. The van der Waals surface area contributed by atoms with E-state index in [-0.39, 0.29) is 6.10 Å². The van der Waals surface area contributed by atoms with Crippen molar-refractivity contribution in [2.24, 2.45) is 5.92 Å². The summed E-state index contributed by atoms with van der Waals surface area (Å²) in [6.07, 6.45) is 1.96. The second-order valence-electron chi connectivity index (χ2n) is 5.41. The van der Waals surface area contributed by atoms with E-state index in [1.165, 1.54) is 19.5 Å². The van der Waals surface area contributed by atoms with Crippen LogP contribution in [0.4, 0.5) is 0 Å². The van der Waals surface area contributed by atoms with E-state index in [0.717, 1.165) is 38.5 Å². The van der Waals surface area contributed by atoms with Crippen LogP contribution in [0.15, 0.2) is 0 Å². The van der Waals surface area contributed by atoms with Gasteiger partial charge in [-0.05, 0) is 31.8 Å². The van der Waals surface area contributed by atoms with Gasteiger partial charge in [-0.25, -0.2) is 0 Å². The lowest BCUT2D eigenvalue weighted by atomic mass is 10.2. The molecule has 1 N–H and O–H groups in total. The summed E-state index contributed by atoms with van der Waals surface area (Å²) in [4.78, 5) is 4.97. The zero-order chi connectivity index (χ0) is 12.0. The van der Waals surface area contributed by atoms with E-state index in [2.05, 4.69) is 23.6 Å². The number of β-amino-alcohol motifs (C(OH)–C–C–N with tert-alkyl or cyclic N) is 1. The molecule has 1 saturated heterocycles. The first-order valence-electron chi connectivity index (χ1n) is 6.74. The molecule has 0 radical (unpaired) electrons. The molecule has 1 aliphatic rings. The summed E-state index contributed by atoms with van der Waals surface area (Å²) in [5.41, 5.74) is 0. The molecule has 1 rings (SSSR count). The third-order valence-electron chi connectivity index (χ3n) is 3.24. The molecule has 3 nitrogen and oxygen atoms in total. The van der Waals surface area contributed by atoms with Crippen molar-refractivity contribution < 1.29 is 5.11 Å². The third-order valence-corrected chi connectivity index (χ3v) is 3.24. The van der Waals surface area contributed by atoms with Crippen molar-refractivity contribution in [1.82, 2.24) is 9.80 Å². The van der Waals surface area contributed by atoms with Crippen molar-refractivity contribution in [2.45, 2.75) is 39.7 Å². The van der Waals surface area contributed by atoms with Crippen LogP contribution in [0.25, 0.3) is 0 Å². The summed E-state index contributed by atoms with van der Waals surface area (Å²) in [5.74, 6) is 0.757. The van der Waals surface area contributed by atoms with E-state index in [0.29, 0.717) is 0 Å². The van der Waals surface area contributed by atoms with E-state index in [1.807, 2.05) is 6.92 Å². The lowest BCUT2D eigenvalue weighted by Gasteiger charge is -2.24. The molecule has 0 aromatic heterocycles. The van der Waals surface area contributed by atoms with Gasteiger partial charge in [0.05, 0.1) is 6.10 Å². The molecule has 0 spiro atoms. The van der Waals surface area contributed by atoms with Gasteiger partial charge in [0.2, 0.25) is 0 Å². The highest BCUT2D eigenvalue weighted by atomic mass is 16.3. The first kappa shape index (κ1) is 13.9. The standard InChI is InChI=1S/C13H28N2O/c1-4-13(16)11-15-7-5-6-14(8-9-15)10-12(2)3/h12-13,16H,4-11H2,1-3H3/t13-/m1/s1. The smallest absolute Gasteiger partial charge is 0.0664 e. The minimum Gasteiger partial charge on any atom is -0.392 e. The maximum Gasteiger partial charge on any atom is 0.0664 e. The van der Waals surface area contributed by atoms with Gasteiger partial charge in [0, 0.05) is 26.2 Å². The quantitative estimate of drug-likeness (QED) is 0.771. The summed E-state index contributed by atoms with van der Waals surface area (Å²) < 4.78 is 0. The van der Waals surface area contributed by atoms with Gasteiger partial charge >= 0.3 is 0 Å². The minimum absolute atomic E-state index is 0.142. The Balaban J connectivity index is 2.28. The van der Waals surface area contributed by atoms with Gasteiger partial charge in [-0.15, -0.1) is 0 Å². The highest BCUT2D eigenvalue weighted by Gasteiger charge is 2.16. The molecule has 1 heterocycles. The summed E-state index contributed by atoms with van der Waals surface area (Å²) in [6.45, 7) is 13.3. The molecule has 0 aliphatic carbocycles. The highest BCUT2D eigenvalue weighted by Crippen LogP contribution is 2.07. The Kier molecular flexibility index (Phi) is 6.32. The lowest BCUT2D eigenvalue weighted by molar-refractivity contribution is 0.110. The molecule has 0 aromatic carbocycles. The average Bonchev–Trinajstić information content (AvgIpc) is 2.43.